The fourth-order valence-corrected chi connectivity index (χ4v) is 1.04. The molecule has 0 fully saturated rings. The van der Waals surface area contributed by atoms with E-state index in [2.05, 4.69) is 42.4 Å². The van der Waals surface area contributed by atoms with Gasteiger partial charge in [0.2, 0.25) is 0 Å². The summed E-state index contributed by atoms with van der Waals surface area (Å²) in [6.07, 6.45) is 1.92. The van der Waals surface area contributed by atoms with E-state index in [0.717, 1.165) is 18.9 Å². The lowest BCUT2D eigenvalue weighted by Gasteiger charge is -2.13. The van der Waals surface area contributed by atoms with Crippen LogP contribution in [0.15, 0.2) is 6.20 Å². The zero-order valence-corrected chi connectivity index (χ0v) is 8.33. The van der Waals surface area contributed by atoms with Crippen LogP contribution in [0.25, 0.3) is 0 Å². The maximum atomic E-state index is 4.32. The zero-order valence-electron chi connectivity index (χ0n) is 8.33. The maximum Gasteiger partial charge on any atom is 0.122 e. The van der Waals surface area contributed by atoms with Crippen molar-refractivity contribution in [2.45, 2.75) is 20.4 Å². The van der Waals surface area contributed by atoms with Crippen molar-refractivity contribution in [3.8, 4) is 0 Å². The standard InChI is InChI=1S/C9H17N3/c1-5-11(3)7-9-10-6-8(2)12(9)4/h6H,5,7H2,1-4H3. The highest BCUT2D eigenvalue weighted by Gasteiger charge is 2.04. The summed E-state index contributed by atoms with van der Waals surface area (Å²) < 4.78 is 2.13. The molecule has 1 heterocycles. The van der Waals surface area contributed by atoms with Gasteiger partial charge in [-0.3, -0.25) is 4.90 Å². The molecule has 0 aliphatic heterocycles. The van der Waals surface area contributed by atoms with Crippen LogP contribution < -0.4 is 0 Å². The first kappa shape index (κ1) is 9.26. The van der Waals surface area contributed by atoms with Gasteiger partial charge in [-0.25, -0.2) is 4.98 Å². The Morgan fingerprint density at radius 2 is 2.25 bits per heavy atom. The van der Waals surface area contributed by atoms with E-state index < -0.39 is 0 Å². The SMILES string of the molecule is CCN(C)Cc1ncc(C)n1C. The first-order valence-electron chi connectivity index (χ1n) is 4.31. The van der Waals surface area contributed by atoms with Crippen LogP contribution in [-0.4, -0.2) is 28.0 Å². The van der Waals surface area contributed by atoms with Crippen LogP contribution in [-0.2, 0) is 13.6 Å². The molecule has 0 aliphatic rings. The fourth-order valence-electron chi connectivity index (χ4n) is 1.04. The predicted octanol–water partition coefficient (Wildman–Crippen LogP) is 1.18. The molecule has 0 bridgehead atoms. The van der Waals surface area contributed by atoms with E-state index in [0.29, 0.717) is 0 Å². The molecule has 68 valence electrons. The van der Waals surface area contributed by atoms with Gasteiger partial charge in [0.05, 0.1) is 6.54 Å². The van der Waals surface area contributed by atoms with Gasteiger partial charge in [0.15, 0.2) is 0 Å². The number of aryl methyl sites for hydroxylation is 1. The topological polar surface area (TPSA) is 21.1 Å². The summed E-state index contributed by atoms with van der Waals surface area (Å²) in [6.45, 7) is 6.21. The second-order valence-corrected chi connectivity index (χ2v) is 3.21. The van der Waals surface area contributed by atoms with Gasteiger partial charge in [0, 0.05) is 18.9 Å². The summed E-state index contributed by atoms with van der Waals surface area (Å²) >= 11 is 0. The average molecular weight is 167 g/mol. The molecule has 0 unspecified atom stereocenters. The van der Waals surface area contributed by atoms with Crippen LogP contribution in [0.2, 0.25) is 0 Å². The van der Waals surface area contributed by atoms with Crippen molar-refractivity contribution in [2.75, 3.05) is 13.6 Å². The van der Waals surface area contributed by atoms with Crippen molar-refractivity contribution in [3.05, 3.63) is 17.7 Å². The molecule has 1 rings (SSSR count). The van der Waals surface area contributed by atoms with E-state index in [1.807, 2.05) is 6.20 Å². The molecule has 0 spiro atoms. The molecule has 0 radical (unpaired) electrons. The Bertz CT molecular complexity index is 252. The quantitative estimate of drug-likeness (QED) is 0.674. The minimum absolute atomic E-state index is 0.931. The third-order valence-electron chi connectivity index (χ3n) is 2.27. The summed E-state index contributed by atoms with van der Waals surface area (Å²) in [5, 5.41) is 0. The first-order chi connectivity index (χ1) is 5.65. The molecule has 0 atom stereocenters. The molecule has 1 aromatic heterocycles. The molecular formula is C9H17N3. The van der Waals surface area contributed by atoms with E-state index in [1.54, 1.807) is 0 Å². The summed E-state index contributed by atoms with van der Waals surface area (Å²) in [6, 6.07) is 0. The smallest absolute Gasteiger partial charge is 0.122 e. The highest BCUT2D eigenvalue weighted by Crippen LogP contribution is 2.03. The minimum Gasteiger partial charge on any atom is -0.334 e. The lowest BCUT2D eigenvalue weighted by atomic mass is 10.5. The number of rotatable bonds is 3. The second kappa shape index (κ2) is 3.72. The van der Waals surface area contributed by atoms with Crippen molar-refractivity contribution >= 4 is 0 Å². The zero-order chi connectivity index (χ0) is 9.14. The van der Waals surface area contributed by atoms with Crippen molar-refractivity contribution in [1.29, 1.82) is 0 Å². The summed E-state index contributed by atoms with van der Waals surface area (Å²) in [5.74, 6) is 1.14. The molecule has 0 N–H and O–H groups in total. The molecular weight excluding hydrogens is 150 g/mol. The number of aromatic nitrogens is 2. The second-order valence-electron chi connectivity index (χ2n) is 3.21. The van der Waals surface area contributed by atoms with E-state index in [9.17, 15) is 0 Å². The van der Waals surface area contributed by atoms with Crippen LogP contribution >= 0.6 is 0 Å². The Morgan fingerprint density at radius 1 is 1.58 bits per heavy atom. The summed E-state index contributed by atoms with van der Waals surface area (Å²) in [7, 11) is 4.16. The van der Waals surface area contributed by atoms with Crippen LogP contribution in [0.3, 0.4) is 0 Å². The van der Waals surface area contributed by atoms with Crippen molar-refractivity contribution in [1.82, 2.24) is 14.5 Å². The molecule has 1 aromatic rings. The van der Waals surface area contributed by atoms with Gasteiger partial charge >= 0.3 is 0 Å². The molecule has 0 aromatic carbocycles. The van der Waals surface area contributed by atoms with Gasteiger partial charge in [-0.05, 0) is 20.5 Å². The normalized spacial score (nSPS) is 11.1. The minimum atomic E-state index is 0.931. The van der Waals surface area contributed by atoms with Gasteiger partial charge in [-0.2, -0.15) is 0 Å². The molecule has 0 saturated heterocycles. The van der Waals surface area contributed by atoms with Crippen LogP contribution in [0.5, 0.6) is 0 Å². The molecule has 0 aliphatic carbocycles. The number of hydrogen-bond acceptors (Lipinski definition) is 2. The maximum absolute atomic E-state index is 4.32. The molecule has 0 saturated carbocycles. The first-order valence-corrected chi connectivity index (χ1v) is 4.31. The average Bonchev–Trinajstić information content (AvgIpc) is 2.36. The Morgan fingerprint density at radius 3 is 2.67 bits per heavy atom. The Balaban J connectivity index is 2.69. The van der Waals surface area contributed by atoms with Crippen LogP contribution in [0.4, 0.5) is 0 Å². The molecule has 12 heavy (non-hydrogen) atoms. The van der Waals surface area contributed by atoms with E-state index >= 15 is 0 Å². The largest absolute Gasteiger partial charge is 0.334 e. The molecule has 0 amide bonds. The number of imidazole rings is 1. The fraction of sp³-hybridized carbons (Fsp3) is 0.667. The predicted molar refractivity (Wildman–Crippen MR) is 50.0 cm³/mol. The molecule has 3 nitrogen and oxygen atoms in total. The Hall–Kier alpha value is -0.830. The Labute approximate surface area is 74.0 Å². The highest BCUT2D eigenvalue weighted by molar-refractivity contribution is 5.01. The van der Waals surface area contributed by atoms with Crippen LogP contribution in [0, 0.1) is 6.92 Å². The molecule has 3 heteroatoms. The Kier molecular flexibility index (Phi) is 2.87. The lowest BCUT2D eigenvalue weighted by molar-refractivity contribution is 0.332. The monoisotopic (exact) mass is 167 g/mol. The third-order valence-corrected chi connectivity index (χ3v) is 2.27. The van der Waals surface area contributed by atoms with Crippen LogP contribution in [0.1, 0.15) is 18.4 Å². The lowest BCUT2D eigenvalue weighted by Crippen LogP contribution is -2.19. The highest BCUT2D eigenvalue weighted by atomic mass is 15.2. The van der Waals surface area contributed by atoms with E-state index in [1.165, 1.54) is 5.69 Å². The number of hydrogen-bond donors (Lipinski definition) is 0. The number of nitrogens with zero attached hydrogens (tertiary/aromatic N) is 3. The van der Waals surface area contributed by atoms with Gasteiger partial charge < -0.3 is 4.57 Å². The van der Waals surface area contributed by atoms with E-state index in [-0.39, 0.29) is 0 Å². The van der Waals surface area contributed by atoms with Crippen molar-refractivity contribution in [3.63, 3.8) is 0 Å². The summed E-state index contributed by atoms with van der Waals surface area (Å²) in [5.41, 5.74) is 1.22. The van der Waals surface area contributed by atoms with Gasteiger partial charge in [0.25, 0.3) is 0 Å². The van der Waals surface area contributed by atoms with Gasteiger partial charge in [-0.15, -0.1) is 0 Å². The summed E-state index contributed by atoms with van der Waals surface area (Å²) in [4.78, 5) is 6.56. The third kappa shape index (κ3) is 1.85. The van der Waals surface area contributed by atoms with E-state index in [4.69, 9.17) is 0 Å². The van der Waals surface area contributed by atoms with Crippen molar-refractivity contribution in [2.24, 2.45) is 7.05 Å². The van der Waals surface area contributed by atoms with Gasteiger partial charge in [-0.1, -0.05) is 6.92 Å². The van der Waals surface area contributed by atoms with Crippen molar-refractivity contribution < 1.29 is 0 Å². The van der Waals surface area contributed by atoms with Gasteiger partial charge in [0.1, 0.15) is 5.82 Å².